The molecule has 102 valence electrons. The predicted molar refractivity (Wildman–Crippen MR) is 75.2 cm³/mol. The Bertz CT molecular complexity index is 511. The first-order chi connectivity index (χ1) is 8.89. The second kappa shape index (κ2) is 4.07. The van der Waals surface area contributed by atoms with Crippen LogP contribution in [-0.2, 0) is 9.53 Å². The van der Waals surface area contributed by atoms with E-state index in [1.165, 1.54) is 0 Å². The van der Waals surface area contributed by atoms with E-state index in [1.54, 1.807) is 0 Å². The maximum Gasteiger partial charge on any atom is 0.170 e. The molecule has 1 heterocycles. The van der Waals surface area contributed by atoms with Crippen LogP contribution in [0.15, 0.2) is 30.3 Å². The molecule has 0 radical (unpaired) electrons. The molecule has 1 aliphatic carbocycles. The number of hydrogen-bond acceptors (Lipinski definition) is 2. The molecule has 0 N–H and O–H groups in total. The lowest BCUT2D eigenvalue weighted by Gasteiger charge is -2.36. The van der Waals surface area contributed by atoms with Crippen molar-refractivity contribution in [3.05, 3.63) is 35.9 Å². The summed E-state index contributed by atoms with van der Waals surface area (Å²) in [6.07, 6.45) is 0.507. The fraction of sp³-hybridized carbons (Fsp3) is 0.562. The molecule has 3 heteroatoms. The Labute approximate surface area is 119 Å². The van der Waals surface area contributed by atoms with E-state index >= 15 is 0 Å². The highest BCUT2D eigenvalue weighted by Crippen LogP contribution is 2.61. The van der Waals surface area contributed by atoms with Crippen LogP contribution in [-0.4, -0.2) is 17.5 Å². The first-order valence-electron chi connectivity index (χ1n) is 6.81. The maximum atomic E-state index is 12.4. The molecular formula is C16H19ClO2. The van der Waals surface area contributed by atoms with Gasteiger partial charge in [0.15, 0.2) is 5.78 Å². The van der Waals surface area contributed by atoms with Gasteiger partial charge in [-0.3, -0.25) is 4.79 Å². The number of Topliss-reactive ketones (excluding diaryl/α,β-unsaturated/α-hetero) is 1. The normalized spacial score (nSPS) is 37.6. The molecule has 19 heavy (non-hydrogen) atoms. The number of ketones is 1. The number of epoxide rings is 1. The molecule has 0 amide bonds. The number of alkyl halides is 1. The zero-order valence-corrected chi connectivity index (χ0v) is 12.3. The Balaban J connectivity index is 1.93. The summed E-state index contributed by atoms with van der Waals surface area (Å²) in [5.74, 6) is 0.486. The summed E-state index contributed by atoms with van der Waals surface area (Å²) in [6.45, 7) is 6.15. The summed E-state index contributed by atoms with van der Waals surface area (Å²) in [6, 6.07) is 9.91. The molecule has 4 atom stereocenters. The lowest BCUT2D eigenvalue weighted by Crippen LogP contribution is -2.45. The van der Waals surface area contributed by atoms with E-state index in [0.29, 0.717) is 0 Å². The summed E-state index contributed by atoms with van der Waals surface area (Å²) < 4.78 is 5.86. The van der Waals surface area contributed by atoms with Crippen LogP contribution in [0.4, 0.5) is 0 Å². The highest BCUT2D eigenvalue weighted by atomic mass is 35.5. The third-order valence-corrected chi connectivity index (χ3v) is 5.25. The minimum atomic E-state index is -0.491. The Morgan fingerprint density at radius 2 is 1.95 bits per heavy atom. The zero-order chi connectivity index (χ0) is 13.8. The zero-order valence-electron chi connectivity index (χ0n) is 11.5. The van der Waals surface area contributed by atoms with Gasteiger partial charge in [0.25, 0.3) is 0 Å². The summed E-state index contributed by atoms with van der Waals surface area (Å²) in [7, 11) is 0. The summed E-state index contributed by atoms with van der Waals surface area (Å²) in [5.41, 5.74) is 0.249. The quantitative estimate of drug-likeness (QED) is 0.609. The number of hydrogen-bond donors (Lipinski definition) is 0. The first-order valence-corrected chi connectivity index (χ1v) is 7.24. The standard InChI is InChI=1S/C16H19ClO2/c1-10-9-15(2,3)13(18)14-16(10,19-14)12(17)11-7-5-4-6-8-11/h4-8,10,12,14H,9H2,1-3H3. The SMILES string of the molecule is CC1CC(C)(C)C(=O)C2OC12C(Cl)c1ccccc1. The van der Waals surface area contributed by atoms with E-state index in [4.69, 9.17) is 16.3 Å². The molecular weight excluding hydrogens is 260 g/mol. The molecule has 1 aromatic rings. The number of halogens is 1. The molecule has 0 aromatic heterocycles. The number of carbonyl (C=O) groups is 1. The number of rotatable bonds is 2. The van der Waals surface area contributed by atoms with Crippen LogP contribution in [0.25, 0.3) is 0 Å². The fourth-order valence-corrected chi connectivity index (χ4v) is 4.03. The van der Waals surface area contributed by atoms with Gasteiger partial charge in [0, 0.05) is 5.41 Å². The van der Waals surface area contributed by atoms with Crippen LogP contribution in [0.5, 0.6) is 0 Å². The minimum Gasteiger partial charge on any atom is -0.355 e. The van der Waals surface area contributed by atoms with Crippen molar-refractivity contribution in [2.24, 2.45) is 11.3 Å². The smallest absolute Gasteiger partial charge is 0.170 e. The van der Waals surface area contributed by atoms with Gasteiger partial charge in [-0.15, -0.1) is 11.6 Å². The topological polar surface area (TPSA) is 29.6 Å². The molecule has 3 rings (SSSR count). The Morgan fingerprint density at radius 3 is 2.58 bits per heavy atom. The highest BCUT2D eigenvalue weighted by Gasteiger charge is 2.72. The molecule has 2 nitrogen and oxygen atoms in total. The second-order valence-corrected chi connectivity index (χ2v) is 6.91. The van der Waals surface area contributed by atoms with E-state index in [2.05, 4.69) is 6.92 Å². The van der Waals surface area contributed by atoms with Crippen LogP contribution in [0.1, 0.15) is 38.1 Å². The third-order valence-electron chi connectivity index (χ3n) is 4.65. The van der Waals surface area contributed by atoms with Gasteiger partial charge in [-0.2, -0.15) is 0 Å². The Morgan fingerprint density at radius 1 is 1.32 bits per heavy atom. The highest BCUT2D eigenvalue weighted by molar-refractivity contribution is 6.22. The van der Waals surface area contributed by atoms with E-state index in [1.807, 2.05) is 44.2 Å². The van der Waals surface area contributed by atoms with Crippen molar-refractivity contribution in [3.63, 3.8) is 0 Å². The van der Waals surface area contributed by atoms with Crippen molar-refractivity contribution >= 4 is 17.4 Å². The van der Waals surface area contributed by atoms with Crippen molar-refractivity contribution in [3.8, 4) is 0 Å². The van der Waals surface area contributed by atoms with Gasteiger partial charge in [0.2, 0.25) is 0 Å². The van der Waals surface area contributed by atoms with E-state index in [0.717, 1.165) is 12.0 Å². The molecule has 1 saturated carbocycles. The summed E-state index contributed by atoms with van der Waals surface area (Å²) in [4.78, 5) is 12.4. The largest absolute Gasteiger partial charge is 0.355 e. The number of fused-ring (bicyclic) bond motifs is 1. The Hall–Kier alpha value is -0.860. The molecule has 0 spiro atoms. The van der Waals surface area contributed by atoms with E-state index in [9.17, 15) is 4.79 Å². The molecule has 1 saturated heterocycles. The van der Waals surface area contributed by atoms with Crippen molar-refractivity contribution in [2.45, 2.75) is 44.3 Å². The average molecular weight is 279 g/mol. The van der Waals surface area contributed by atoms with Crippen molar-refractivity contribution in [2.75, 3.05) is 0 Å². The predicted octanol–water partition coefficient (Wildman–Crippen LogP) is 3.74. The third kappa shape index (κ3) is 1.77. The van der Waals surface area contributed by atoms with Gasteiger partial charge in [-0.05, 0) is 17.9 Å². The lowest BCUT2D eigenvalue weighted by atomic mass is 9.65. The van der Waals surface area contributed by atoms with Crippen LogP contribution in [0, 0.1) is 11.3 Å². The molecule has 2 aliphatic rings. The first kappa shape index (κ1) is 13.1. The summed E-state index contributed by atoms with van der Waals surface area (Å²) >= 11 is 6.64. The second-order valence-electron chi connectivity index (χ2n) is 6.48. The lowest BCUT2D eigenvalue weighted by molar-refractivity contribution is -0.130. The monoisotopic (exact) mass is 278 g/mol. The van der Waals surface area contributed by atoms with E-state index in [-0.39, 0.29) is 28.6 Å². The number of ether oxygens (including phenoxy) is 1. The molecule has 0 bridgehead atoms. The minimum absolute atomic E-state index is 0.201. The molecule has 2 fully saturated rings. The van der Waals surface area contributed by atoms with Crippen LogP contribution < -0.4 is 0 Å². The van der Waals surface area contributed by atoms with Crippen LogP contribution >= 0.6 is 11.6 Å². The van der Waals surface area contributed by atoms with Gasteiger partial charge in [-0.25, -0.2) is 0 Å². The van der Waals surface area contributed by atoms with Crippen molar-refractivity contribution in [1.29, 1.82) is 0 Å². The van der Waals surface area contributed by atoms with Gasteiger partial charge in [0.1, 0.15) is 11.7 Å². The number of carbonyl (C=O) groups excluding carboxylic acids is 1. The van der Waals surface area contributed by atoms with Crippen LogP contribution in [0.2, 0.25) is 0 Å². The number of benzene rings is 1. The van der Waals surface area contributed by atoms with Gasteiger partial charge in [-0.1, -0.05) is 51.1 Å². The van der Waals surface area contributed by atoms with E-state index < -0.39 is 5.60 Å². The van der Waals surface area contributed by atoms with Crippen LogP contribution in [0.3, 0.4) is 0 Å². The molecule has 1 aromatic carbocycles. The fourth-order valence-electron chi connectivity index (χ4n) is 3.51. The van der Waals surface area contributed by atoms with Gasteiger partial charge < -0.3 is 4.74 Å². The molecule has 4 unspecified atom stereocenters. The van der Waals surface area contributed by atoms with Crippen molar-refractivity contribution < 1.29 is 9.53 Å². The van der Waals surface area contributed by atoms with Gasteiger partial charge >= 0.3 is 0 Å². The summed E-state index contributed by atoms with van der Waals surface area (Å²) in [5, 5.41) is -0.256. The average Bonchev–Trinajstić information content (AvgIpc) is 3.13. The molecule has 1 aliphatic heterocycles. The Kier molecular flexibility index (Phi) is 2.81. The maximum absolute atomic E-state index is 12.4. The van der Waals surface area contributed by atoms with Crippen molar-refractivity contribution in [1.82, 2.24) is 0 Å². The van der Waals surface area contributed by atoms with Gasteiger partial charge in [0.05, 0.1) is 5.38 Å².